The molecule has 1 heterocycles. The van der Waals surface area contributed by atoms with E-state index in [1.165, 1.54) is 0 Å². The van der Waals surface area contributed by atoms with Crippen molar-refractivity contribution >= 4 is 60.1 Å². The van der Waals surface area contributed by atoms with Crippen LogP contribution in [0.15, 0.2) is 48.9 Å². The molecule has 0 unspecified atom stereocenters. The normalized spacial score (nSPS) is 12.1. The van der Waals surface area contributed by atoms with Crippen molar-refractivity contribution in [2.24, 2.45) is 5.16 Å². The average Bonchev–Trinajstić information content (AvgIpc) is 2.93. The molecule has 0 radical (unpaired) electrons. The molecule has 0 atom stereocenters. The van der Waals surface area contributed by atoms with Gasteiger partial charge in [0.1, 0.15) is 17.2 Å². The predicted octanol–water partition coefficient (Wildman–Crippen LogP) is 6.11. The van der Waals surface area contributed by atoms with Crippen LogP contribution < -0.4 is 0 Å². The highest BCUT2D eigenvalue weighted by Gasteiger charge is 2.22. The van der Waals surface area contributed by atoms with Crippen molar-refractivity contribution in [3.8, 4) is 5.75 Å². The zero-order chi connectivity index (χ0) is 17.4. The molecule has 3 aromatic rings. The molecule has 0 aliphatic heterocycles. The molecule has 0 aliphatic carbocycles. The van der Waals surface area contributed by atoms with Gasteiger partial charge in [0.15, 0.2) is 5.58 Å². The van der Waals surface area contributed by atoms with E-state index in [1.54, 1.807) is 18.2 Å². The molecule has 2 N–H and O–H groups in total. The Morgan fingerprint density at radius 2 is 1.92 bits per heavy atom. The van der Waals surface area contributed by atoms with Gasteiger partial charge < -0.3 is 14.7 Å². The Hall–Kier alpha value is -1.50. The molecular weight excluding hydrogens is 461 g/mol. The number of oxime groups is 1. The number of furan rings is 1. The van der Waals surface area contributed by atoms with E-state index in [0.29, 0.717) is 48.6 Å². The number of benzene rings is 2. The summed E-state index contributed by atoms with van der Waals surface area (Å²) in [7, 11) is 0. The van der Waals surface area contributed by atoms with Gasteiger partial charge in [-0.15, -0.1) is 0 Å². The Bertz CT molecular complexity index is 943. The zero-order valence-corrected chi connectivity index (χ0v) is 16.4. The van der Waals surface area contributed by atoms with Gasteiger partial charge in [-0.25, -0.2) is 0 Å². The molecule has 1 aromatic heterocycles. The van der Waals surface area contributed by atoms with E-state index in [9.17, 15) is 10.3 Å². The van der Waals surface area contributed by atoms with Gasteiger partial charge in [0.25, 0.3) is 0 Å². The fourth-order valence-electron chi connectivity index (χ4n) is 2.60. The van der Waals surface area contributed by atoms with Crippen LogP contribution in [0.2, 0.25) is 5.02 Å². The molecule has 0 aliphatic rings. The maximum Gasteiger partial charge on any atom is 0.153 e. The van der Waals surface area contributed by atoms with Gasteiger partial charge in [-0.1, -0.05) is 35.8 Å². The third-order valence-corrected chi connectivity index (χ3v) is 5.20. The number of phenols is 1. The van der Waals surface area contributed by atoms with E-state index in [1.807, 2.05) is 19.1 Å². The first kappa shape index (κ1) is 17.3. The molecular formula is C17H12Br2ClNO3. The summed E-state index contributed by atoms with van der Waals surface area (Å²) in [5.41, 5.74) is 2.20. The highest BCUT2D eigenvalue weighted by atomic mass is 79.9. The SMILES string of the molecule is CCc1oc2c(Cl)cccc2c1/C(=N/O)c1cc(Br)c(O)c(Br)c1. The number of fused-ring (bicyclic) bond motifs is 1. The van der Waals surface area contributed by atoms with Crippen molar-refractivity contribution in [1.82, 2.24) is 0 Å². The Labute approximate surface area is 160 Å². The summed E-state index contributed by atoms with van der Waals surface area (Å²) in [6.07, 6.45) is 0.611. The minimum absolute atomic E-state index is 0.0758. The molecule has 2 aromatic carbocycles. The fraction of sp³-hybridized carbons (Fsp3) is 0.118. The smallest absolute Gasteiger partial charge is 0.153 e. The maximum atomic E-state index is 9.89. The first-order valence-electron chi connectivity index (χ1n) is 7.08. The second-order valence-electron chi connectivity index (χ2n) is 5.11. The number of hydrogen-bond acceptors (Lipinski definition) is 4. The highest BCUT2D eigenvalue weighted by molar-refractivity contribution is 9.11. The lowest BCUT2D eigenvalue weighted by atomic mass is 9.98. The number of aromatic hydroxyl groups is 1. The van der Waals surface area contributed by atoms with Crippen LogP contribution in [0, 0.1) is 0 Å². The van der Waals surface area contributed by atoms with Crippen LogP contribution in [0.1, 0.15) is 23.8 Å². The molecule has 3 rings (SSSR count). The van der Waals surface area contributed by atoms with Crippen LogP contribution in [0.5, 0.6) is 5.75 Å². The monoisotopic (exact) mass is 471 g/mol. The van der Waals surface area contributed by atoms with Gasteiger partial charge in [-0.05, 0) is 50.1 Å². The Kier molecular flexibility index (Phi) is 4.90. The van der Waals surface area contributed by atoms with Crippen molar-refractivity contribution < 1.29 is 14.7 Å². The fourth-order valence-corrected chi connectivity index (χ4v) is 4.00. The minimum atomic E-state index is 0.0758. The van der Waals surface area contributed by atoms with Crippen molar-refractivity contribution in [2.45, 2.75) is 13.3 Å². The molecule has 0 spiro atoms. The van der Waals surface area contributed by atoms with Crippen molar-refractivity contribution in [3.63, 3.8) is 0 Å². The van der Waals surface area contributed by atoms with E-state index in [0.717, 1.165) is 5.39 Å². The van der Waals surface area contributed by atoms with Crippen LogP contribution in [-0.4, -0.2) is 16.0 Å². The lowest BCUT2D eigenvalue weighted by Crippen LogP contribution is -2.06. The third kappa shape index (κ3) is 2.83. The van der Waals surface area contributed by atoms with Crippen molar-refractivity contribution in [1.29, 1.82) is 0 Å². The summed E-state index contributed by atoms with van der Waals surface area (Å²) in [6, 6.07) is 8.80. The maximum absolute atomic E-state index is 9.89. The molecule has 0 saturated carbocycles. The molecule has 0 fully saturated rings. The van der Waals surface area contributed by atoms with Gasteiger partial charge in [-0.2, -0.15) is 0 Å². The van der Waals surface area contributed by atoms with E-state index >= 15 is 0 Å². The number of nitrogens with zero attached hydrogens (tertiary/aromatic N) is 1. The van der Waals surface area contributed by atoms with E-state index < -0.39 is 0 Å². The minimum Gasteiger partial charge on any atom is -0.506 e. The number of rotatable bonds is 3. The highest BCUT2D eigenvalue weighted by Crippen LogP contribution is 2.37. The number of hydrogen-bond donors (Lipinski definition) is 2. The summed E-state index contributed by atoms with van der Waals surface area (Å²) in [5, 5.41) is 24.3. The average molecular weight is 474 g/mol. The predicted molar refractivity (Wildman–Crippen MR) is 102 cm³/mol. The summed E-state index contributed by atoms with van der Waals surface area (Å²) < 4.78 is 6.84. The zero-order valence-electron chi connectivity index (χ0n) is 12.5. The lowest BCUT2D eigenvalue weighted by Gasteiger charge is -2.08. The van der Waals surface area contributed by atoms with Gasteiger partial charge in [0.05, 0.1) is 19.5 Å². The second kappa shape index (κ2) is 6.78. The summed E-state index contributed by atoms with van der Waals surface area (Å²) in [5.74, 6) is 0.748. The number of halogens is 3. The quantitative estimate of drug-likeness (QED) is 0.274. The standard InChI is InChI=1S/C17H12Br2ClNO3/c1-2-13-14(9-4-3-5-12(20)17(9)24-13)15(21-23)8-6-10(18)16(22)11(19)7-8/h3-7,22-23H,2H2,1H3/b21-15+. The number of aryl methyl sites for hydroxylation is 1. The number of phenolic OH excluding ortho intramolecular Hbond substituents is 1. The molecule has 24 heavy (non-hydrogen) atoms. The second-order valence-corrected chi connectivity index (χ2v) is 7.22. The van der Waals surface area contributed by atoms with Crippen LogP contribution in [0.4, 0.5) is 0 Å². The third-order valence-electron chi connectivity index (χ3n) is 3.69. The van der Waals surface area contributed by atoms with Gasteiger partial charge in [-0.3, -0.25) is 0 Å². The summed E-state index contributed by atoms with van der Waals surface area (Å²) in [6.45, 7) is 1.95. The Morgan fingerprint density at radius 3 is 2.50 bits per heavy atom. The molecule has 7 heteroatoms. The van der Waals surface area contributed by atoms with E-state index in [2.05, 4.69) is 37.0 Å². The van der Waals surface area contributed by atoms with Gasteiger partial charge >= 0.3 is 0 Å². The Morgan fingerprint density at radius 1 is 1.25 bits per heavy atom. The van der Waals surface area contributed by atoms with Gasteiger partial charge in [0.2, 0.25) is 0 Å². The van der Waals surface area contributed by atoms with Gasteiger partial charge in [0, 0.05) is 17.4 Å². The summed E-state index contributed by atoms with van der Waals surface area (Å²) in [4.78, 5) is 0. The van der Waals surface area contributed by atoms with E-state index in [-0.39, 0.29) is 5.75 Å². The first-order chi connectivity index (χ1) is 11.5. The van der Waals surface area contributed by atoms with E-state index in [4.69, 9.17) is 16.0 Å². The topological polar surface area (TPSA) is 66.0 Å². The van der Waals surface area contributed by atoms with Crippen LogP contribution >= 0.6 is 43.5 Å². The van der Waals surface area contributed by atoms with Crippen LogP contribution in [0.25, 0.3) is 11.0 Å². The van der Waals surface area contributed by atoms with Crippen LogP contribution in [0.3, 0.4) is 0 Å². The lowest BCUT2D eigenvalue weighted by molar-refractivity contribution is 0.319. The number of para-hydroxylation sites is 1. The molecule has 124 valence electrons. The summed E-state index contributed by atoms with van der Waals surface area (Å²) >= 11 is 12.8. The molecule has 0 bridgehead atoms. The van der Waals surface area contributed by atoms with Crippen molar-refractivity contribution in [2.75, 3.05) is 0 Å². The molecule has 0 saturated heterocycles. The first-order valence-corrected chi connectivity index (χ1v) is 9.05. The van der Waals surface area contributed by atoms with Crippen molar-refractivity contribution in [3.05, 3.63) is 61.2 Å². The van der Waals surface area contributed by atoms with Crippen LogP contribution in [-0.2, 0) is 6.42 Å². The molecule has 4 nitrogen and oxygen atoms in total. The Balaban J connectivity index is 2.30. The molecule has 0 amide bonds. The largest absolute Gasteiger partial charge is 0.506 e.